The number of nitrogens with one attached hydrogen (secondary N) is 2. The van der Waals surface area contributed by atoms with Crippen LogP contribution in [0, 0.1) is 5.92 Å². The van der Waals surface area contributed by atoms with Gasteiger partial charge in [0.05, 0.1) is 10.2 Å². The van der Waals surface area contributed by atoms with E-state index >= 15 is 0 Å². The molecule has 0 saturated heterocycles. The highest BCUT2D eigenvalue weighted by molar-refractivity contribution is 7.22. The van der Waals surface area contributed by atoms with Gasteiger partial charge in [-0.15, -0.1) is 0 Å². The fourth-order valence-electron chi connectivity index (χ4n) is 2.31. The molecule has 0 fully saturated rings. The molecule has 0 bridgehead atoms. The third-order valence-electron chi connectivity index (χ3n) is 3.83. The lowest BCUT2D eigenvalue weighted by atomic mass is 10.2. The molecule has 2 aromatic carbocycles. The van der Waals surface area contributed by atoms with Crippen molar-refractivity contribution in [2.45, 2.75) is 26.9 Å². The van der Waals surface area contributed by atoms with Gasteiger partial charge in [-0.25, -0.2) is 4.98 Å². The zero-order valence-electron chi connectivity index (χ0n) is 15.4. The van der Waals surface area contributed by atoms with Crippen LogP contribution in [0.1, 0.15) is 20.8 Å². The van der Waals surface area contributed by atoms with Gasteiger partial charge in [0.1, 0.15) is 5.75 Å². The van der Waals surface area contributed by atoms with Gasteiger partial charge in [-0.1, -0.05) is 43.4 Å². The van der Waals surface area contributed by atoms with E-state index < -0.39 is 6.10 Å². The van der Waals surface area contributed by atoms with Crippen molar-refractivity contribution in [3.8, 4) is 5.75 Å². The van der Waals surface area contributed by atoms with E-state index in [9.17, 15) is 9.59 Å². The molecule has 0 aliphatic heterocycles. The number of hydrogen-bond donors (Lipinski definition) is 2. The Hall–Kier alpha value is -2.93. The number of amides is 2. The SMILES string of the molecule is CC(C)C(=O)Nc1nc2cc(NC(=O)C(C)Oc3ccccc3)ccc2s1. The van der Waals surface area contributed by atoms with E-state index in [2.05, 4.69) is 15.6 Å². The first-order valence-corrected chi connectivity index (χ1v) is 9.48. The highest BCUT2D eigenvalue weighted by atomic mass is 32.1. The molecule has 7 heteroatoms. The van der Waals surface area contributed by atoms with Crippen molar-refractivity contribution in [3.05, 3.63) is 48.5 Å². The van der Waals surface area contributed by atoms with Crippen molar-refractivity contribution in [1.82, 2.24) is 4.98 Å². The molecule has 0 saturated carbocycles. The van der Waals surface area contributed by atoms with E-state index in [-0.39, 0.29) is 17.7 Å². The van der Waals surface area contributed by atoms with Gasteiger partial charge in [-0.05, 0) is 37.3 Å². The van der Waals surface area contributed by atoms with Crippen molar-refractivity contribution in [3.63, 3.8) is 0 Å². The summed E-state index contributed by atoms with van der Waals surface area (Å²) < 4.78 is 6.56. The molecule has 6 nitrogen and oxygen atoms in total. The average molecular weight is 383 g/mol. The van der Waals surface area contributed by atoms with Crippen molar-refractivity contribution in [2.24, 2.45) is 5.92 Å². The number of carbonyl (C=O) groups is 2. The molecule has 0 aliphatic rings. The molecule has 1 atom stereocenters. The number of fused-ring (bicyclic) bond motifs is 1. The molecule has 3 aromatic rings. The lowest BCUT2D eigenvalue weighted by Crippen LogP contribution is -2.30. The highest BCUT2D eigenvalue weighted by Gasteiger charge is 2.16. The lowest BCUT2D eigenvalue weighted by Gasteiger charge is -2.14. The highest BCUT2D eigenvalue weighted by Crippen LogP contribution is 2.28. The van der Waals surface area contributed by atoms with Gasteiger partial charge in [0.25, 0.3) is 5.91 Å². The summed E-state index contributed by atoms with van der Waals surface area (Å²) in [6.07, 6.45) is -0.639. The Morgan fingerprint density at radius 2 is 1.74 bits per heavy atom. The molecular formula is C20H21N3O3S. The molecule has 1 heterocycles. The van der Waals surface area contributed by atoms with Crippen molar-refractivity contribution in [1.29, 1.82) is 0 Å². The number of carbonyl (C=O) groups excluding carboxylic acids is 2. The first-order chi connectivity index (χ1) is 12.9. The fourth-order valence-corrected chi connectivity index (χ4v) is 3.16. The topological polar surface area (TPSA) is 80.3 Å². The second kappa shape index (κ2) is 8.18. The van der Waals surface area contributed by atoms with E-state index in [0.29, 0.717) is 22.1 Å². The summed E-state index contributed by atoms with van der Waals surface area (Å²) in [6.45, 7) is 5.35. The first kappa shape index (κ1) is 18.8. The van der Waals surface area contributed by atoms with Crippen molar-refractivity contribution in [2.75, 3.05) is 10.6 Å². The smallest absolute Gasteiger partial charge is 0.265 e. The Kier molecular flexibility index (Phi) is 5.71. The molecule has 140 valence electrons. The van der Waals surface area contributed by atoms with E-state index in [4.69, 9.17) is 4.74 Å². The summed E-state index contributed by atoms with van der Waals surface area (Å²) >= 11 is 1.40. The van der Waals surface area contributed by atoms with Crippen molar-refractivity contribution < 1.29 is 14.3 Å². The van der Waals surface area contributed by atoms with Gasteiger partial charge >= 0.3 is 0 Å². The van der Waals surface area contributed by atoms with Crippen LogP contribution in [0.2, 0.25) is 0 Å². The summed E-state index contributed by atoms with van der Waals surface area (Å²) in [4.78, 5) is 28.6. The van der Waals surface area contributed by atoms with Crippen LogP contribution in [0.5, 0.6) is 5.75 Å². The predicted molar refractivity (Wildman–Crippen MR) is 108 cm³/mol. The second-order valence-electron chi connectivity index (χ2n) is 6.41. The summed E-state index contributed by atoms with van der Waals surface area (Å²) in [5.74, 6) is 0.204. The zero-order valence-corrected chi connectivity index (χ0v) is 16.2. The molecule has 27 heavy (non-hydrogen) atoms. The Morgan fingerprint density at radius 1 is 1.00 bits per heavy atom. The van der Waals surface area contributed by atoms with Crippen LogP contribution in [-0.2, 0) is 9.59 Å². The summed E-state index contributed by atoms with van der Waals surface area (Å²) in [6, 6.07) is 14.7. The Morgan fingerprint density at radius 3 is 2.44 bits per heavy atom. The monoisotopic (exact) mass is 383 g/mol. The van der Waals surface area contributed by atoms with E-state index in [1.807, 2.05) is 44.2 Å². The standard InChI is InChI=1S/C20H21N3O3S/c1-12(2)18(24)23-20-22-16-11-14(9-10-17(16)27-20)21-19(25)13(3)26-15-7-5-4-6-8-15/h4-13H,1-3H3,(H,21,25)(H,22,23,24). The number of para-hydroxylation sites is 1. The van der Waals surface area contributed by atoms with Crippen LogP contribution >= 0.6 is 11.3 Å². The Balaban J connectivity index is 1.67. The summed E-state index contributed by atoms with van der Waals surface area (Å²) in [7, 11) is 0. The Labute approximate surface area is 161 Å². The number of hydrogen-bond acceptors (Lipinski definition) is 5. The fraction of sp³-hybridized carbons (Fsp3) is 0.250. The maximum Gasteiger partial charge on any atom is 0.265 e. The third-order valence-corrected chi connectivity index (χ3v) is 4.79. The third kappa shape index (κ3) is 4.83. The Bertz CT molecular complexity index is 954. The molecule has 1 unspecified atom stereocenters. The van der Waals surface area contributed by atoms with E-state index in [1.165, 1.54) is 11.3 Å². The molecule has 3 rings (SSSR count). The number of anilines is 2. The molecule has 0 aliphatic carbocycles. The average Bonchev–Trinajstić information content (AvgIpc) is 3.03. The molecule has 0 radical (unpaired) electrons. The predicted octanol–water partition coefficient (Wildman–Crippen LogP) is 4.30. The van der Waals surface area contributed by atoms with Gasteiger partial charge < -0.3 is 15.4 Å². The second-order valence-corrected chi connectivity index (χ2v) is 7.44. The maximum atomic E-state index is 12.4. The first-order valence-electron chi connectivity index (χ1n) is 8.66. The van der Waals surface area contributed by atoms with Crippen LogP contribution in [-0.4, -0.2) is 22.9 Å². The van der Waals surface area contributed by atoms with Gasteiger partial charge in [0, 0.05) is 11.6 Å². The maximum absolute atomic E-state index is 12.4. The van der Waals surface area contributed by atoms with Gasteiger partial charge in [0.15, 0.2) is 11.2 Å². The largest absolute Gasteiger partial charge is 0.481 e. The molecule has 2 amide bonds. The minimum atomic E-state index is -0.639. The quantitative estimate of drug-likeness (QED) is 0.665. The van der Waals surface area contributed by atoms with E-state index in [1.54, 1.807) is 25.1 Å². The number of benzene rings is 2. The van der Waals surface area contributed by atoms with Gasteiger partial charge in [-0.3, -0.25) is 9.59 Å². The van der Waals surface area contributed by atoms with Crippen LogP contribution in [0.4, 0.5) is 10.8 Å². The summed E-state index contributed by atoms with van der Waals surface area (Å²) in [5, 5.41) is 6.18. The van der Waals surface area contributed by atoms with Crippen LogP contribution in [0.15, 0.2) is 48.5 Å². The van der Waals surface area contributed by atoms with Gasteiger partial charge in [-0.2, -0.15) is 0 Å². The lowest BCUT2D eigenvalue weighted by molar-refractivity contribution is -0.122. The number of ether oxygens (including phenoxy) is 1. The number of nitrogens with zero attached hydrogens (tertiary/aromatic N) is 1. The van der Waals surface area contributed by atoms with Crippen LogP contribution in [0.25, 0.3) is 10.2 Å². The molecule has 2 N–H and O–H groups in total. The van der Waals surface area contributed by atoms with Crippen LogP contribution in [0.3, 0.4) is 0 Å². The minimum absolute atomic E-state index is 0.0746. The minimum Gasteiger partial charge on any atom is -0.481 e. The van der Waals surface area contributed by atoms with Crippen molar-refractivity contribution >= 4 is 44.2 Å². The number of rotatable bonds is 6. The van der Waals surface area contributed by atoms with Gasteiger partial charge in [0.2, 0.25) is 5.91 Å². The molecule has 1 aromatic heterocycles. The van der Waals surface area contributed by atoms with Crippen LogP contribution < -0.4 is 15.4 Å². The normalized spacial score (nSPS) is 12.0. The number of thiazole rings is 1. The number of aromatic nitrogens is 1. The molecule has 0 spiro atoms. The van der Waals surface area contributed by atoms with E-state index in [0.717, 1.165) is 4.70 Å². The summed E-state index contributed by atoms with van der Waals surface area (Å²) in [5.41, 5.74) is 1.34. The molecular weight excluding hydrogens is 362 g/mol. The zero-order chi connectivity index (χ0) is 19.4.